The zero-order valence-electron chi connectivity index (χ0n) is 30.4. The zero-order chi connectivity index (χ0) is 37.1. The van der Waals surface area contributed by atoms with Gasteiger partial charge in [-0.3, -0.25) is 28.7 Å². The number of hydrogen-bond donors (Lipinski definition) is 3. The molecular weight excluding hydrogens is 684 g/mol. The van der Waals surface area contributed by atoms with Crippen molar-refractivity contribution >= 4 is 68.5 Å². The number of halogens is 1. The van der Waals surface area contributed by atoms with E-state index in [-0.39, 0.29) is 29.5 Å². The molecule has 5 aromatic rings. The summed E-state index contributed by atoms with van der Waals surface area (Å²) in [5.74, 6) is 0.333. The Balaban J connectivity index is 1.06. The van der Waals surface area contributed by atoms with Crippen molar-refractivity contribution in [2.24, 2.45) is 20.0 Å². The average molecular weight is 729 g/mol. The summed E-state index contributed by atoms with van der Waals surface area (Å²) < 4.78 is 5.11. The fourth-order valence-electron chi connectivity index (χ4n) is 7.62. The zero-order valence-corrected chi connectivity index (χ0v) is 31.1. The normalized spacial score (nSPS) is 19.8. The number of amides is 2. The van der Waals surface area contributed by atoms with Crippen molar-refractivity contribution in [3.8, 4) is 0 Å². The lowest BCUT2D eigenvalue weighted by molar-refractivity contribution is -0.134. The van der Waals surface area contributed by atoms with Crippen LogP contribution in [0.2, 0.25) is 5.02 Å². The second-order valence-electron chi connectivity index (χ2n) is 14.9. The molecule has 7 rings (SSSR count). The number of aromatic nitrogens is 6. The number of anilines is 4. The van der Waals surface area contributed by atoms with Crippen LogP contribution in [0.1, 0.15) is 58.1 Å². The third-order valence-electron chi connectivity index (χ3n) is 10.6. The summed E-state index contributed by atoms with van der Waals surface area (Å²) in [4.78, 5) is 51.2. The van der Waals surface area contributed by atoms with Crippen LogP contribution in [0.5, 0.6) is 0 Å². The van der Waals surface area contributed by atoms with E-state index in [2.05, 4.69) is 44.5 Å². The van der Waals surface area contributed by atoms with Crippen LogP contribution in [0.15, 0.2) is 47.4 Å². The standard InChI is InChI=1S/C37H45ClN10O4/c1-21-20-47(23-8-9-24-29(18-23)46(6)43-32(24)25-10-12-31(49)41-34(25)50)15-13-27(21)44(4)35-39-19-26(38)33(42-35)40-22-7-11-28-30(17-22)48(36(51)45(28)5)16-14-37(2,3)52/h7-9,11,17-19,21,25,27,52H,10,12-16,20H2,1-6H3,(H,39,40,42)(H,41,49,50)/t21-,25?,27+/m0/s1. The molecule has 274 valence electrons. The molecule has 0 saturated carbocycles. The van der Waals surface area contributed by atoms with Crippen LogP contribution >= 0.6 is 11.6 Å². The number of carbonyl (C=O) groups excluding carboxylic acids is 2. The number of aliphatic hydroxyl groups is 1. The first-order chi connectivity index (χ1) is 24.7. The molecule has 0 aliphatic carbocycles. The molecule has 3 aromatic heterocycles. The highest BCUT2D eigenvalue weighted by molar-refractivity contribution is 6.33. The maximum Gasteiger partial charge on any atom is 0.328 e. The number of imidazole rings is 1. The molecule has 2 aromatic carbocycles. The fraction of sp³-hybridized carbons (Fsp3) is 0.459. The summed E-state index contributed by atoms with van der Waals surface area (Å²) in [7, 11) is 5.64. The minimum atomic E-state index is -0.901. The molecular formula is C37H45ClN10O4. The highest BCUT2D eigenvalue weighted by Gasteiger charge is 2.33. The molecule has 2 fully saturated rings. The van der Waals surface area contributed by atoms with E-state index in [9.17, 15) is 19.5 Å². The quantitative estimate of drug-likeness (QED) is 0.186. The van der Waals surface area contributed by atoms with E-state index < -0.39 is 11.5 Å². The van der Waals surface area contributed by atoms with Crippen molar-refractivity contribution in [3.63, 3.8) is 0 Å². The van der Waals surface area contributed by atoms with Gasteiger partial charge in [0.05, 0.1) is 40.0 Å². The third-order valence-corrected chi connectivity index (χ3v) is 10.8. The molecule has 0 spiro atoms. The predicted octanol–water partition coefficient (Wildman–Crippen LogP) is 4.45. The van der Waals surface area contributed by atoms with Crippen molar-refractivity contribution in [2.75, 3.05) is 35.3 Å². The number of rotatable bonds is 9. The van der Waals surface area contributed by atoms with E-state index in [4.69, 9.17) is 21.7 Å². The van der Waals surface area contributed by atoms with Crippen molar-refractivity contribution in [1.82, 2.24) is 34.2 Å². The van der Waals surface area contributed by atoms with Crippen LogP contribution in [0.3, 0.4) is 0 Å². The molecule has 2 saturated heterocycles. The number of aryl methyl sites for hydroxylation is 3. The van der Waals surface area contributed by atoms with E-state index in [0.29, 0.717) is 48.3 Å². The summed E-state index contributed by atoms with van der Waals surface area (Å²) in [6, 6.07) is 12.1. The molecule has 15 heteroatoms. The molecule has 0 bridgehead atoms. The van der Waals surface area contributed by atoms with Gasteiger partial charge in [-0.25, -0.2) is 9.78 Å². The van der Waals surface area contributed by atoms with E-state index in [1.165, 1.54) is 0 Å². The van der Waals surface area contributed by atoms with E-state index in [0.717, 1.165) is 52.8 Å². The lowest BCUT2D eigenvalue weighted by Crippen LogP contribution is -2.49. The number of nitrogens with zero attached hydrogens (tertiary/aromatic N) is 8. The van der Waals surface area contributed by atoms with Gasteiger partial charge in [0, 0.05) is 70.0 Å². The van der Waals surface area contributed by atoms with E-state index >= 15 is 0 Å². The molecule has 2 aliphatic heterocycles. The first-order valence-corrected chi connectivity index (χ1v) is 18.1. The van der Waals surface area contributed by atoms with Crippen molar-refractivity contribution in [2.45, 2.75) is 70.6 Å². The lowest BCUT2D eigenvalue weighted by atomic mass is 9.91. The van der Waals surface area contributed by atoms with E-state index in [1.54, 1.807) is 36.2 Å². The third kappa shape index (κ3) is 6.72. The average Bonchev–Trinajstić information content (AvgIpc) is 3.55. The van der Waals surface area contributed by atoms with Gasteiger partial charge in [-0.05, 0) is 75.4 Å². The van der Waals surface area contributed by atoms with Crippen LogP contribution in [0, 0.1) is 5.92 Å². The highest BCUT2D eigenvalue weighted by atomic mass is 35.5. The van der Waals surface area contributed by atoms with Crippen molar-refractivity contribution < 1.29 is 14.7 Å². The number of hydrogen-bond acceptors (Lipinski definition) is 10. The predicted molar refractivity (Wildman–Crippen MR) is 202 cm³/mol. The van der Waals surface area contributed by atoms with Crippen LogP contribution in [-0.4, -0.2) is 77.6 Å². The van der Waals surface area contributed by atoms with Gasteiger partial charge in [-0.15, -0.1) is 0 Å². The number of piperidine rings is 2. The van der Waals surface area contributed by atoms with Crippen LogP contribution in [0.4, 0.5) is 23.1 Å². The van der Waals surface area contributed by atoms with Gasteiger partial charge in [-0.2, -0.15) is 10.1 Å². The fourth-order valence-corrected chi connectivity index (χ4v) is 7.75. The second-order valence-corrected chi connectivity index (χ2v) is 15.3. The summed E-state index contributed by atoms with van der Waals surface area (Å²) >= 11 is 6.60. The minimum Gasteiger partial charge on any atom is -0.390 e. The molecule has 2 aliphatic rings. The Kier molecular flexibility index (Phi) is 9.24. The molecule has 52 heavy (non-hydrogen) atoms. The first kappa shape index (κ1) is 35.5. The maximum atomic E-state index is 13.0. The Morgan fingerprint density at radius 3 is 2.60 bits per heavy atom. The van der Waals surface area contributed by atoms with E-state index in [1.807, 2.05) is 43.0 Å². The van der Waals surface area contributed by atoms with Gasteiger partial charge >= 0.3 is 5.69 Å². The monoisotopic (exact) mass is 728 g/mol. The number of imide groups is 1. The molecule has 1 unspecified atom stereocenters. The smallest absolute Gasteiger partial charge is 0.328 e. The number of fused-ring (bicyclic) bond motifs is 2. The number of carbonyl (C=O) groups is 2. The molecule has 2 amide bonds. The van der Waals surface area contributed by atoms with Crippen LogP contribution in [0.25, 0.3) is 21.9 Å². The SMILES string of the molecule is C[C@H]1CN(c2ccc3c(C4CCC(=O)NC4=O)nn(C)c3c2)CC[C@H]1N(C)c1ncc(Cl)c(Nc2ccc3c(c2)n(CCC(C)(C)O)c(=O)n3C)n1. The summed E-state index contributed by atoms with van der Waals surface area (Å²) in [5, 5.41) is 22.1. The number of benzene rings is 2. The molecule has 3 N–H and O–H groups in total. The van der Waals surface area contributed by atoms with Gasteiger partial charge in [0.1, 0.15) is 5.02 Å². The molecule has 14 nitrogen and oxygen atoms in total. The van der Waals surface area contributed by atoms with Crippen LogP contribution in [-0.2, 0) is 30.2 Å². The van der Waals surface area contributed by atoms with Gasteiger partial charge in [-0.1, -0.05) is 18.5 Å². The largest absolute Gasteiger partial charge is 0.390 e. The first-order valence-electron chi connectivity index (χ1n) is 17.7. The molecule has 3 atom stereocenters. The van der Waals surface area contributed by atoms with Gasteiger partial charge in [0.15, 0.2) is 5.82 Å². The van der Waals surface area contributed by atoms with Crippen molar-refractivity contribution in [3.05, 3.63) is 63.8 Å². The highest BCUT2D eigenvalue weighted by Crippen LogP contribution is 2.35. The van der Waals surface area contributed by atoms with Gasteiger partial charge in [0.25, 0.3) is 0 Å². The summed E-state index contributed by atoms with van der Waals surface area (Å²) in [6.45, 7) is 7.73. The molecule has 5 heterocycles. The Morgan fingerprint density at radius 2 is 1.87 bits per heavy atom. The van der Waals surface area contributed by atoms with Gasteiger partial charge < -0.3 is 20.2 Å². The Bertz CT molecular complexity index is 2250. The molecule has 0 radical (unpaired) electrons. The Morgan fingerprint density at radius 1 is 1.08 bits per heavy atom. The topological polar surface area (TPSA) is 155 Å². The summed E-state index contributed by atoms with van der Waals surface area (Å²) in [5.41, 5.74) is 3.97. The number of nitrogens with one attached hydrogen (secondary N) is 2. The maximum absolute atomic E-state index is 13.0. The Hall–Kier alpha value is -4.95. The minimum absolute atomic E-state index is 0.142. The lowest BCUT2D eigenvalue weighted by Gasteiger charge is -2.42. The van der Waals surface area contributed by atoms with Crippen molar-refractivity contribution in [1.29, 1.82) is 0 Å². The summed E-state index contributed by atoms with van der Waals surface area (Å²) in [6.07, 6.45) is 3.69. The Labute approximate surface area is 306 Å². The van der Waals surface area contributed by atoms with Gasteiger partial charge in [0.2, 0.25) is 17.8 Å². The van der Waals surface area contributed by atoms with Crippen LogP contribution < -0.4 is 26.1 Å². The second kappa shape index (κ2) is 13.6.